The summed E-state index contributed by atoms with van der Waals surface area (Å²) < 4.78 is 44.0. The Kier molecular flexibility index (Phi) is 60.0. The maximum absolute atomic E-state index is 13.5. The monoisotopic (exact) mass is 1020 g/mol. The first-order chi connectivity index (χ1) is 35.6. The fourth-order valence-electron chi connectivity index (χ4n) is 8.41. The average Bonchev–Trinajstić information content (AvgIpc) is 3.38. The van der Waals surface area contributed by atoms with Crippen molar-refractivity contribution in [2.75, 3.05) is 133 Å². The first-order valence-corrected chi connectivity index (χ1v) is 29.9. The van der Waals surface area contributed by atoms with Gasteiger partial charge >= 0.3 is 0 Å². The Bertz CT molecular complexity index is 1060. The third-order valence-electron chi connectivity index (χ3n) is 13.0. The average molecular weight is 1030 g/mol. The summed E-state index contributed by atoms with van der Waals surface area (Å²) in [5.74, 6) is 0.461. The number of unbranched alkanes of at least 4 members (excludes halogenated alkanes) is 25. The van der Waals surface area contributed by atoms with Crippen molar-refractivity contribution in [1.29, 1.82) is 0 Å². The maximum atomic E-state index is 13.5. The summed E-state index contributed by atoms with van der Waals surface area (Å²) in [6.45, 7) is 14.6. The molecule has 0 aromatic heterocycles. The molecule has 72 heavy (non-hydrogen) atoms. The highest BCUT2D eigenvalue weighted by Crippen LogP contribution is 2.14. The zero-order valence-electron chi connectivity index (χ0n) is 47.6. The Morgan fingerprint density at radius 2 is 0.542 bits per heavy atom. The van der Waals surface area contributed by atoms with Crippen LogP contribution in [0.3, 0.4) is 0 Å². The van der Waals surface area contributed by atoms with E-state index in [4.69, 9.17) is 37.9 Å². The SMILES string of the molecule is CCCCCCCC/C=C\CCCCCCCC(=O)N(CCCCCCN(CCOCCOCCOCCOC)C(=O)CCCCCCC/C=C\CCCCCCCC)CCOCCOCCOCCOC. The van der Waals surface area contributed by atoms with E-state index >= 15 is 0 Å². The number of amides is 2. The maximum Gasteiger partial charge on any atom is 0.222 e. The molecule has 0 fully saturated rings. The highest BCUT2D eigenvalue weighted by molar-refractivity contribution is 5.76. The van der Waals surface area contributed by atoms with Gasteiger partial charge in [0.15, 0.2) is 0 Å². The molecule has 0 heterocycles. The summed E-state index contributed by atoms with van der Waals surface area (Å²) >= 11 is 0. The summed E-state index contributed by atoms with van der Waals surface area (Å²) in [5, 5.41) is 0. The fourth-order valence-corrected chi connectivity index (χ4v) is 8.41. The van der Waals surface area contributed by atoms with Crippen molar-refractivity contribution >= 4 is 11.8 Å². The van der Waals surface area contributed by atoms with Crippen LogP contribution in [0.2, 0.25) is 0 Å². The molecule has 2 amide bonds. The molecule has 0 unspecified atom stereocenters. The van der Waals surface area contributed by atoms with E-state index in [0.717, 1.165) is 64.5 Å². The van der Waals surface area contributed by atoms with E-state index in [1.807, 2.05) is 9.80 Å². The summed E-state index contributed by atoms with van der Waals surface area (Å²) in [5.41, 5.74) is 0. The molecule has 0 aliphatic heterocycles. The zero-order valence-corrected chi connectivity index (χ0v) is 47.6. The van der Waals surface area contributed by atoms with Crippen LogP contribution in [0.4, 0.5) is 0 Å². The van der Waals surface area contributed by atoms with Crippen LogP contribution in [0.1, 0.15) is 219 Å². The van der Waals surface area contributed by atoms with Crippen molar-refractivity contribution in [3.05, 3.63) is 24.3 Å². The van der Waals surface area contributed by atoms with Gasteiger partial charge in [-0.2, -0.15) is 0 Å². The standard InChI is InChI=1S/C60H116N2O10/c1-5-7-9-11-13-15-17-19-21-23-25-27-29-31-35-39-59(63)61(43-45-67-51-53-71-57-55-69-49-47-65-3)41-37-33-34-38-42-62(44-46-68-52-54-72-58-56-70-50-48-66-4)60(64)40-36-32-30-28-26-24-22-20-18-16-14-12-10-8-6-2/h19-22H,5-18,23-58H2,1-4H3/b21-19-,22-20-. The first-order valence-electron chi connectivity index (χ1n) is 29.9. The lowest BCUT2D eigenvalue weighted by Gasteiger charge is -2.24. The van der Waals surface area contributed by atoms with Gasteiger partial charge in [-0.05, 0) is 77.0 Å². The van der Waals surface area contributed by atoms with Crippen molar-refractivity contribution in [2.24, 2.45) is 0 Å². The van der Waals surface area contributed by atoms with Crippen molar-refractivity contribution < 1.29 is 47.5 Å². The fraction of sp³-hybridized carbons (Fsp3) is 0.900. The summed E-state index contributed by atoms with van der Waals surface area (Å²) in [6, 6.07) is 0. The molecule has 0 N–H and O–H groups in total. The molecule has 0 saturated carbocycles. The van der Waals surface area contributed by atoms with Gasteiger partial charge in [0.2, 0.25) is 11.8 Å². The number of carbonyl (C=O) groups is 2. The van der Waals surface area contributed by atoms with E-state index in [1.165, 1.54) is 141 Å². The molecule has 0 atom stereocenters. The van der Waals surface area contributed by atoms with Gasteiger partial charge in [0.05, 0.1) is 92.5 Å². The van der Waals surface area contributed by atoms with Crippen LogP contribution in [0.25, 0.3) is 0 Å². The van der Waals surface area contributed by atoms with Gasteiger partial charge in [0.25, 0.3) is 0 Å². The third kappa shape index (κ3) is 54.4. The van der Waals surface area contributed by atoms with E-state index in [-0.39, 0.29) is 11.8 Å². The Balaban J connectivity index is 4.82. The van der Waals surface area contributed by atoms with E-state index in [1.54, 1.807) is 14.2 Å². The Labute approximate surface area is 444 Å². The van der Waals surface area contributed by atoms with Gasteiger partial charge < -0.3 is 47.7 Å². The number of hydrogen-bond donors (Lipinski definition) is 0. The topological polar surface area (TPSA) is 114 Å². The summed E-state index contributed by atoms with van der Waals surface area (Å²) in [6.07, 6.45) is 46.9. The van der Waals surface area contributed by atoms with Crippen molar-refractivity contribution in [2.45, 2.75) is 219 Å². The van der Waals surface area contributed by atoms with Gasteiger partial charge in [0, 0.05) is 53.2 Å². The predicted molar refractivity (Wildman–Crippen MR) is 299 cm³/mol. The highest BCUT2D eigenvalue weighted by atomic mass is 16.6. The lowest BCUT2D eigenvalue weighted by Crippen LogP contribution is -2.35. The molecule has 426 valence electrons. The molecule has 12 nitrogen and oxygen atoms in total. The first kappa shape index (κ1) is 70.1. The molecular weight excluding hydrogens is 909 g/mol. The second-order valence-electron chi connectivity index (χ2n) is 19.5. The normalized spacial score (nSPS) is 11.8. The van der Waals surface area contributed by atoms with E-state index < -0.39 is 0 Å². The number of nitrogens with zero attached hydrogens (tertiary/aromatic N) is 2. The number of methoxy groups -OCH3 is 2. The number of ether oxygens (including phenoxy) is 8. The van der Waals surface area contributed by atoms with Crippen LogP contribution in [0.5, 0.6) is 0 Å². The molecule has 0 aliphatic carbocycles. The number of allylic oxidation sites excluding steroid dienone is 4. The lowest BCUT2D eigenvalue weighted by molar-refractivity contribution is -0.133. The number of hydrogen-bond acceptors (Lipinski definition) is 10. The van der Waals surface area contributed by atoms with Gasteiger partial charge in [0.1, 0.15) is 0 Å². The quantitative estimate of drug-likeness (QED) is 0.0431. The van der Waals surface area contributed by atoms with Gasteiger partial charge in [-0.15, -0.1) is 0 Å². The summed E-state index contributed by atoms with van der Waals surface area (Å²) in [4.78, 5) is 31.0. The predicted octanol–water partition coefficient (Wildman–Crippen LogP) is 13.7. The largest absolute Gasteiger partial charge is 0.382 e. The van der Waals surface area contributed by atoms with Gasteiger partial charge in [-0.25, -0.2) is 0 Å². The molecule has 0 radical (unpaired) electrons. The van der Waals surface area contributed by atoms with Crippen molar-refractivity contribution in [3.63, 3.8) is 0 Å². The van der Waals surface area contributed by atoms with Crippen LogP contribution < -0.4 is 0 Å². The third-order valence-corrected chi connectivity index (χ3v) is 13.0. The van der Waals surface area contributed by atoms with Crippen molar-refractivity contribution in [1.82, 2.24) is 9.80 Å². The minimum absolute atomic E-state index is 0.230. The molecule has 0 aromatic carbocycles. The molecule has 12 heteroatoms. The molecule has 0 aromatic rings. The minimum atomic E-state index is 0.230. The lowest BCUT2D eigenvalue weighted by atomic mass is 10.1. The molecular formula is C60H116N2O10. The van der Waals surface area contributed by atoms with Crippen LogP contribution in [0.15, 0.2) is 24.3 Å². The van der Waals surface area contributed by atoms with Gasteiger partial charge in [-0.3, -0.25) is 9.59 Å². The second-order valence-corrected chi connectivity index (χ2v) is 19.5. The van der Waals surface area contributed by atoms with E-state index in [0.29, 0.717) is 118 Å². The van der Waals surface area contributed by atoms with Crippen molar-refractivity contribution in [3.8, 4) is 0 Å². The van der Waals surface area contributed by atoms with Crippen LogP contribution in [0, 0.1) is 0 Å². The molecule has 0 aliphatic rings. The smallest absolute Gasteiger partial charge is 0.222 e. The molecule has 0 saturated heterocycles. The van der Waals surface area contributed by atoms with Gasteiger partial charge in [-0.1, -0.05) is 154 Å². The van der Waals surface area contributed by atoms with E-state index in [9.17, 15) is 9.59 Å². The molecule has 0 rings (SSSR count). The number of carbonyl (C=O) groups excluding carboxylic acids is 2. The molecule has 0 bridgehead atoms. The second kappa shape index (κ2) is 61.6. The number of rotatable bonds is 61. The summed E-state index contributed by atoms with van der Waals surface area (Å²) in [7, 11) is 3.32. The highest BCUT2D eigenvalue weighted by Gasteiger charge is 2.15. The van der Waals surface area contributed by atoms with E-state index in [2.05, 4.69) is 38.2 Å². The van der Waals surface area contributed by atoms with Crippen LogP contribution in [-0.2, 0) is 47.5 Å². The Morgan fingerprint density at radius 3 is 0.847 bits per heavy atom. The Hall–Kier alpha value is -1.90. The minimum Gasteiger partial charge on any atom is -0.382 e. The van der Waals surface area contributed by atoms with Crippen LogP contribution in [-0.4, -0.2) is 155 Å². The zero-order chi connectivity index (χ0) is 52.2. The molecule has 0 spiro atoms. The Morgan fingerprint density at radius 1 is 0.292 bits per heavy atom. The van der Waals surface area contributed by atoms with Crippen LogP contribution >= 0.6 is 0 Å².